The fourth-order valence-corrected chi connectivity index (χ4v) is 24.6. The predicted molar refractivity (Wildman–Crippen MR) is 343 cm³/mol. The van der Waals surface area contributed by atoms with E-state index in [-0.39, 0.29) is 88.7 Å². The molecule has 0 saturated heterocycles. The van der Waals surface area contributed by atoms with Crippen LogP contribution in [0.5, 0.6) is 0 Å². The second-order valence-electron chi connectivity index (χ2n) is 36.0. The summed E-state index contributed by atoms with van der Waals surface area (Å²) in [6, 6.07) is 0. The minimum atomic E-state index is -0.406. The molecule has 0 aliphatic heterocycles. The summed E-state index contributed by atoms with van der Waals surface area (Å²) in [4.78, 5) is 77.9. The molecule has 0 heterocycles. The molecule has 90 heavy (non-hydrogen) atoms. The lowest BCUT2D eigenvalue weighted by molar-refractivity contribution is -0.175. The van der Waals surface area contributed by atoms with Gasteiger partial charge >= 0.3 is 35.8 Å². The quantitative estimate of drug-likeness (QED) is 0.0772. The second kappa shape index (κ2) is 24.5. The third-order valence-corrected chi connectivity index (χ3v) is 30.5. The molecule has 0 aromatic rings. The number of ether oxygens (including phenoxy) is 6. The van der Waals surface area contributed by atoms with E-state index in [9.17, 15) is 28.8 Å². The van der Waals surface area contributed by atoms with Gasteiger partial charge in [0.1, 0.15) is 35.1 Å². The van der Waals surface area contributed by atoms with E-state index in [1.54, 1.807) is 0 Å². The van der Waals surface area contributed by atoms with E-state index in [1.165, 1.54) is 83.5 Å². The number of hydrogen-bond donors (Lipinski definition) is 0. The van der Waals surface area contributed by atoms with E-state index in [4.69, 9.17) is 28.4 Å². The molecule has 24 atom stereocenters. The van der Waals surface area contributed by atoms with Crippen molar-refractivity contribution in [1.29, 1.82) is 0 Å². The van der Waals surface area contributed by atoms with Gasteiger partial charge in [-0.25, -0.2) is 0 Å². The fraction of sp³-hybridized carbons (Fsp3) is 0.923. The number of carbonyl (C=O) groups is 6. The van der Waals surface area contributed by atoms with Gasteiger partial charge in [0, 0.05) is 0 Å². The van der Waals surface area contributed by atoms with Crippen LogP contribution in [0.15, 0.2) is 0 Å². The maximum Gasteiger partial charge on any atom is 0.311 e. The highest BCUT2D eigenvalue weighted by Gasteiger charge is 2.70. The summed E-state index contributed by atoms with van der Waals surface area (Å²) in [7, 11) is 0. The Morgan fingerprint density at radius 1 is 0.333 bits per heavy atom. The highest BCUT2D eigenvalue weighted by molar-refractivity contribution is 5.78. The zero-order chi connectivity index (χ0) is 63.8. The summed E-state index contributed by atoms with van der Waals surface area (Å²) in [5.74, 6) is 11.4. The Morgan fingerprint density at radius 2 is 0.600 bits per heavy atom. The molecule has 24 unspecified atom stereocenters. The first-order chi connectivity index (χ1) is 42.8. The fourth-order valence-electron chi connectivity index (χ4n) is 24.6. The normalized spacial score (nSPS) is 43.2. The summed E-state index contributed by atoms with van der Waals surface area (Å²) in [6.07, 6.45) is 32.5. The van der Waals surface area contributed by atoms with Gasteiger partial charge in [0.05, 0.1) is 34.0 Å². The van der Waals surface area contributed by atoms with Crippen molar-refractivity contribution in [1.82, 2.24) is 0 Å². The minimum Gasteiger partial charge on any atom is -0.462 e. The van der Waals surface area contributed by atoms with Crippen molar-refractivity contribution in [3.63, 3.8) is 0 Å². The summed E-state index contributed by atoms with van der Waals surface area (Å²) in [5, 5.41) is 0. The highest BCUT2D eigenvalue weighted by Crippen LogP contribution is 2.72. The Balaban J connectivity index is 0.000000124. The lowest BCUT2D eigenvalue weighted by Gasteiger charge is -2.42. The molecular formula is C78H120O12. The van der Waals surface area contributed by atoms with Crippen molar-refractivity contribution in [2.24, 2.45) is 141 Å². The number of fused-ring (bicyclic) bond motifs is 27. The summed E-state index contributed by atoms with van der Waals surface area (Å²) >= 11 is 0. The molecule has 15 aliphatic rings. The largest absolute Gasteiger partial charge is 0.462 e. The van der Waals surface area contributed by atoms with Gasteiger partial charge in [-0.15, -0.1) is 0 Å². The van der Waals surface area contributed by atoms with E-state index in [0.29, 0.717) is 88.8 Å². The molecule has 0 radical (unpaired) electrons. The van der Waals surface area contributed by atoms with Crippen LogP contribution in [0.1, 0.15) is 276 Å². The van der Waals surface area contributed by atoms with Crippen molar-refractivity contribution in [2.75, 3.05) is 0 Å². The third-order valence-electron chi connectivity index (χ3n) is 30.5. The van der Waals surface area contributed by atoms with E-state index in [1.807, 2.05) is 41.5 Å². The van der Waals surface area contributed by atoms with Crippen LogP contribution in [0.2, 0.25) is 0 Å². The van der Waals surface area contributed by atoms with Gasteiger partial charge < -0.3 is 28.4 Å². The highest BCUT2D eigenvalue weighted by atomic mass is 16.6. The van der Waals surface area contributed by atoms with Crippen molar-refractivity contribution >= 4 is 35.8 Å². The smallest absolute Gasteiger partial charge is 0.311 e. The first-order valence-electron chi connectivity index (χ1n) is 38.1. The van der Waals surface area contributed by atoms with Gasteiger partial charge in [0.2, 0.25) is 0 Å². The molecule has 0 spiro atoms. The van der Waals surface area contributed by atoms with Crippen molar-refractivity contribution in [3.05, 3.63) is 0 Å². The van der Waals surface area contributed by atoms with Gasteiger partial charge in [0.25, 0.3) is 0 Å². The topological polar surface area (TPSA) is 158 Å². The molecule has 0 amide bonds. The molecule has 0 N–H and O–H groups in total. The predicted octanol–water partition coefficient (Wildman–Crippen LogP) is 16.6. The molecule has 0 aromatic heterocycles. The molecule has 12 heteroatoms. The van der Waals surface area contributed by atoms with Crippen LogP contribution in [0.4, 0.5) is 0 Å². The third kappa shape index (κ3) is 11.4. The Bertz CT molecular complexity index is 2690. The SMILES string of the molecule is CCC(C)(C)C(=O)OC1CC2CC1C1C3CC(CC3C(=O)OC3(C)CCCC3)C21.CCC1(OC(=O)C2CC3CC2C2C4CC(CC4OC(=O)C(C)(C)CC)C32)CCCC1.CCC1(OC(=O)C2CC3CC2C2C4CC(CC4OC(=O)C(C)(C)CC)C32)CCCCC1. The van der Waals surface area contributed by atoms with Crippen molar-refractivity contribution < 1.29 is 57.2 Å². The summed E-state index contributed by atoms with van der Waals surface area (Å²) < 4.78 is 36.9. The maximum atomic E-state index is 13.4. The molecule has 0 aromatic carbocycles. The Hall–Kier alpha value is -3.18. The minimum absolute atomic E-state index is 0.0367. The number of esters is 6. The van der Waals surface area contributed by atoms with Gasteiger partial charge in [-0.1, -0.05) is 41.0 Å². The van der Waals surface area contributed by atoms with E-state index < -0.39 is 16.2 Å². The molecule has 15 aliphatic carbocycles. The standard InChI is InChI=1S/C27H42O4.C26H40O4.C25H38O4/c1-5-26(3,4)25(29)30-21-15-17-14-20(21)23-18-12-16(22(17)23)13-19(18)24(28)31-27(6-2)10-8-7-9-11-27;1-5-25(3,4)24(28)29-20-14-16-13-19(20)22-17-11-15(21(16)22)12-18(17)23(27)30-26(6-2)9-7-8-10-26;1-5-24(2,3)23(27)28-19-13-15-12-18(19)21-16-10-14(20(15)21)11-17(16)22(26)29-25(4)8-6-7-9-25/h16-23H,5-15H2,1-4H3;15-22H,5-14H2,1-4H3;14-21H,5-13H2,1-4H3. The lowest BCUT2D eigenvalue weighted by atomic mass is 9.66. The molecule has 12 bridgehead atoms. The van der Waals surface area contributed by atoms with Crippen molar-refractivity contribution in [3.8, 4) is 0 Å². The summed E-state index contributed by atoms with van der Waals surface area (Å²) in [6.45, 7) is 24.6. The van der Waals surface area contributed by atoms with Crippen LogP contribution in [0, 0.1) is 141 Å². The number of carbonyl (C=O) groups excluding carboxylic acids is 6. The van der Waals surface area contributed by atoms with Crippen LogP contribution in [-0.2, 0) is 57.2 Å². The number of rotatable bonds is 17. The van der Waals surface area contributed by atoms with E-state index >= 15 is 0 Å². The van der Waals surface area contributed by atoms with Gasteiger partial charge in [0.15, 0.2) is 0 Å². The Kier molecular flexibility index (Phi) is 17.8. The van der Waals surface area contributed by atoms with Crippen molar-refractivity contribution in [2.45, 2.75) is 311 Å². The van der Waals surface area contributed by atoms with E-state index in [2.05, 4.69) is 41.5 Å². The maximum absolute atomic E-state index is 13.4. The first-order valence-corrected chi connectivity index (χ1v) is 38.1. The zero-order valence-electron chi connectivity index (χ0n) is 58.0. The average molecular weight is 1250 g/mol. The van der Waals surface area contributed by atoms with Crippen LogP contribution < -0.4 is 0 Å². The zero-order valence-corrected chi connectivity index (χ0v) is 58.0. The van der Waals surface area contributed by atoms with E-state index in [0.717, 1.165) is 127 Å². The number of hydrogen-bond acceptors (Lipinski definition) is 12. The van der Waals surface area contributed by atoms with Crippen LogP contribution in [0.25, 0.3) is 0 Å². The average Bonchev–Trinajstić information content (AvgIpc) is 1.56. The van der Waals surface area contributed by atoms with Crippen LogP contribution in [0.3, 0.4) is 0 Å². The molecular weight excluding hydrogens is 1130 g/mol. The lowest BCUT2D eigenvalue weighted by Crippen LogP contribution is -2.45. The first kappa shape index (κ1) is 65.5. The molecule has 12 nitrogen and oxygen atoms in total. The molecule has 15 fully saturated rings. The van der Waals surface area contributed by atoms with Crippen LogP contribution >= 0.6 is 0 Å². The second-order valence-corrected chi connectivity index (χ2v) is 36.0. The van der Waals surface area contributed by atoms with Crippen LogP contribution in [-0.4, -0.2) is 70.9 Å². The summed E-state index contributed by atoms with van der Waals surface area (Å²) in [5.41, 5.74) is -1.82. The van der Waals surface area contributed by atoms with Gasteiger partial charge in [-0.3, -0.25) is 28.8 Å². The monoisotopic (exact) mass is 1250 g/mol. The molecule has 504 valence electrons. The Morgan fingerprint density at radius 3 is 0.900 bits per heavy atom. The molecule has 15 saturated carbocycles. The van der Waals surface area contributed by atoms with Gasteiger partial charge in [-0.2, -0.15) is 0 Å². The molecule has 15 rings (SSSR count). The Labute approximate surface area is 541 Å². The van der Waals surface area contributed by atoms with Gasteiger partial charge in [-0.05, 0) is 341 Å².